The van der Waals surface area contributed by atoms with Crippen molar-refractivity contribution in [1.29, 1.82) is 0 Å². The van der Waals surface area contributed by atoms with Crippen molar-refractivity contribution in [2.45, 2.75) is 142 Å². The number of halogens is 2. The number of rotatable bonds is 22. The lowest BCUT2D eigenvalue weighted by atomic mass is 9.84. The number of hydrogen-bond donors (Lipinski definition) is 0. The molecule has 4 heteroatoms. The summed E-state index contributed by atoms with van der Waals surface area (Å²) in [6.07, 6.45) is 23.3. The van der Waals surface area contributed by atoms with Gasteiger partial charge in [0, 0.05) is 0 Å². The van der Waals surface area contributed by atoms with Gasteiger partial charge in [0.25, 0.3) is 0 Å². The lowest BCUT2D eigenvalue weighted by Crippen LogP contribution is -2.11. The topological polar surface area (TPSA) is 18.5 Å². The fourth-order valence-corrected chi connectivity index (χ4v) is 5.86. The molecule has 224 valence electrons. The standard InChI is InChI=1S/C36H54F2O2/c1-3-5-7-9-11-13-15-17-19-27-39-33-25-23-29-30-24-26-34(36(38)32(30)22-21-31(29)35(33)37)40-28-20-18-16-14-12-10-8-6-4-2/h23-26H,3-22,27-28H2,1-2H3. The van der Waals surface area contributed by atoms with Crippen LogP contribution in [-0.4, -0.2) is 13.2 Å². The summed E-state index contributed by atoms with van der Waals surface area (Å²) in [5.41, 5.74) is 2.83. The molecule has 0 amide bonds. The number of benzene rings is 2. The van der Waals surface area contributed by atoms with E-state index in [0.29, 0.717) is 48.7 Å². The maximum atomic E-state index is 15.3. The Morgan fingerprint density at radius 1 is 0.475 bits per heavy atom. The summed E-state index contributed by atoms with van der Waals surface area (Å²) in [5.74, 6) is 0.0710. The molecule has 0 N–H and O–H groups in total. The molecule has 40 heavy (non-hydrogen) atoms. The van der Waals surface area contributed by atoms with Gasteiger partial charge < -0.3 is 9.47 Å². The van der Waals surface area contributed by atoms with E-state index >= 15 is 8.78 Å². The summed E-state index contributed by atoms with van der Waals surface area (Å²) in [6.45, 7) is 5.57. The average molecular weight is 557 g/mol. The minimum Gasteiger partial charge on any atom is -0.491 e. The molecular weight excluding hydrogens is 502 g/mol. The SMILES string of the molecule is CCCCCCCCCCCOc1ccc2c(c1F)CCc1c-2ccc(OCCCCCCCCCCC)c1F. The summed E-state index contributed by atoms with van der Waals surface area (Å²) in [7, 11) is 0. The van der Waals surface area contributed by atoms with Gasteiger partial charge in [-0.1, -0.05) is 129 Å². The van der Waals surface area contributed by atoms with Crippen LogP contribution in [0.1, 0.15) is 141 Å². The molecule has 0 atom stereocenters. The lowest BCUT2D eigenvalue weighted by Gasteiger charge is -2.23. The van der Waals surface area contributed by atoms with E-state index in [1.54, 1.807) is 12.1 Å². The van der Waals surface area contributed by atoms with Crippen LogP contribution in [0.2, 0.25) is 0 Å². The van der Waals surface area contributed by atoms with Crippen molar-refractivity contribution in [3.63, 3.8) is 0 Å². The first-order valence-electron chi connectivity index (χ1n) is 16.6. The van der Waals surface area contributed by atoms with Gasteiger partial charge in [0.15, 0.2) is 23.1 Å². The third kappa shape index (κ3) is 10.4. The average Bonchev–Trinajstić information content (AvgIpc) is 2.97. The van der Waals surface area contributed by atoms with Crippen LogP contribution in [0, 0.1) is 11.6 Å². The van der Waals surface area contributed by atoms with Crippen LogP contribution in [0.25, 0.3) is 11.1 Å². The number of fused-ring (bicyclic) bond motifs is 3. The molecule has 1 aliphatic rings. The second-order valence-electron chi connectivity index (χ2n) is 11.7. The zero-order chi connectivity index (χ0) is 28.4. The molecule has 0 unspecified atom stereocenters. The lowest BCUT2D eigenvalue weighted by molar-refractivity contribution is 0.288. The molecule has 0 aromatic heterocycles. The van der Waals surface area contributed by atoms with E-state index in [4.69, 9.17) is 9.47 Å². The molecule has 1 aliphatic carbocycles. The second kappa shape index (κ2) is 19.1. The molecule has 0 fully saturated rings. The molecule has 3 rings (SSSR count). The molecule has 2 nitrogen and oxygen atoms in total. The first kappa shape index (κ1) is 32.4. The fraction of sp³-hybridized carbons (Fsp3) is 0.667. The fourth-order valence-electron chi connectivity index (χ4n) is 5.86. The van der Waals surface area contributed by atoms with Crippen LogP contribution in [-0.2, 0) is 12.8 Å². The molecule has 0 spiro atoms. The molecular formula is C36H54F2O2. The molecule has 2 aromatic carbocycles. The molecule has 0 bridgehead atoms. The Bertz CT molecular complexity index is 908. The van der Waals surface area contributed by atoms with Crippen LogP contribution in [0.3, 0.4) is 0 Å². The molecule has 0 aliphatic heterocycles. The molecule has 0 saturated heterocycles. The van der Waals surface area contributed by atoms with Crippen LogP contribution in [0.15, 0.2) is 24.3 Å². The number of unbranched alkanes of at least 4 members (excludes halogenated alkanes) is 16. The first-order valence-corrected chi connectivity index (χ1v) is 16.6. The Kier molecular flexibility index (Phi) is 15.5. The smallest absolute Gasteiger partial charge is 0.168 e. The highest BCUT2D eigenvalue weighted by Gasteiger charge is 2.25. The Morgan fingerprint density at radius 2 is 0.800 bits per heavy atom. The third-order valence-corrected chi connectivity index (χ3v) is 8.34. The highest BCUT2D eigenvalue weighted by molar-refractivity contribution is 5.75. The van der Waals surface area contributed by atoms with Crippen LogP contribution in [0.5, 0.6) is 11.5 Å². The summed E-state index contributed by atoms with van der Waals surface area (Å²) in [6, 6.07) is 7.21. The van der Waals surface area contributed by atoms with E-state index in [1.807, 2.05) is 12.1 Å². The van der Waals surface area contributed by atoms with E-state index in [1.165, 1.54) is 89.9 Å². The van der Waals surface area contributed by atoms with Crippen LogP contribution in [0.4, 0.5) is 8.78 Å². The second-order valence-corrected chi connectivity index (χ2v) is 11.7. The quantitative estimate of drug-likeness (QED) is 0.134. The largest absolute Gasteiger partial charge is 0.491 e. The van der Waals surface area contributed by atoms with Crippen molar-refractivity contribution in [2.75, 3.05) is 13.2 Å². The summed E-state index contributed by atoms with van der Waals surface area (Å²) >= 11 is 0. The highest BCUT2D eigenvalue weighted by atomic mass is 19.1. The third-order valence-electron chi connectivity index (χ3n) is 8.34. The zero-order valence-electron chi connectivity index (χ0n) is 25.4. The molecule has 0 saturated carbocycles. The Morgan fingerprint density at radius 3 is 1.15 bits per heavy atom. The molecule has 0 heterocycles. The summed E-state index contributed by atoms with van der Waals surface area (Å²) in [5, 5.41) is 0. The zero-order valence-corrected chi connectivity index (χ0v) is 25.4. The maximum absolute atomic E-state index is 15.3. The summed E-state index contributed by atoms with van der Waals surface area (Å²) in [4.78, 5) is 0. The van der Waals surface area contributed by atoms with Gasteiger partial charge in [0.05, 0.1) is 13.2 Å². The van der Waals surface area contributed by atoms with E-state index in [9.17, 15) is 0 Å². The van der Waals surface area contributed by atoms with Gasteiger partial charge in [-0.15, -0.1) is 0 Å². The Labute approximate surface area is 243 Å². The van der Waals surface area contributed by atoms with Crippen molar-refractivity contribution < 1.29 is 18.3 Å². The predicted octanol–water partition coefficient (Wildman–Crippen LogP) is 11.5. The number of ether oxygens (including phenoxy) is 2. The van der Waals surface area contributed by atoms with E-state index in [0.717, 1.165) is 36.8 Å². The van der Waals surface area contributed by atoms with Crippen LogP contribution >= 0.6 is 0 Å². The van der Waals surface area contributed by atoms with Crippen molar-refractivity contribution in [3.8, 4) is 22.6 Å². The van der Waals surface area contributed by atoms with Crippen molar-refractivity contribution >= 4 is 0 Å². The number of hydrogen-bond acceptors (Lipinski definition) is 2. The highest BCUT2D eigenvalue weighted by Crippen LogP contribution is 2.40. The van der Waals surface area contributed by atoms with Gasteiger partial charge in [-0.25, -0.2) is 8.78 Å². The predicted molar refractivity (Wildman–Crippen MR) is 165 cm³/mol. The molecule has 2 aromatic rings. The van der Waals surface area contributed by atoms with Gasteiger partial charge in [-0.3, -0.25) is 0 Å². The van der Waals surface area contributed by atoms with E-state index in [-0.39, 0.29) is 11.6 Å². The van der Waals surface area contributed by atoms with E-state index < -0.39 is 0 Å². The Hall–Kier alpha value is -2.10. The maximum Gasteiger partial charge on any atom is 0.168 e. The van der Waals surface area contributed by atoms with Crippen molar-refractivity contribution in [3.05, 3.63) is 47.0 Å². The Balaban J connectivity index is 1.42. The van der Waals surface area contributed by atoms with Gasteiger partial charge in [-0.05, 0) is 60.1 Å². The van der Waals surface area contributed by atoms with Gasteiger partial charge in [0.2, 0.25) is 0 Å². The van der Waals surface area contributed by atoms with Gasteiger partial charge in [-0.2, -0.15) is 0 Å². The minimum atomic E-state index is -0.287. The monoisotopic (exact) mass is 556 g/mol. The normalized spacial score (nSPS) is 12.3. The van der Waals surface area contributed by atoms with Crippen molar-refractivity contribution in [2.24, 2.45) is 0 Å². The minimum absolute atomic E-state index is 0.287. The molecule has 0 radical (unpaired) electrons. The summed E-state index contributed by atoms with van der Waals surface area (Å²) < 4.78 is 42.3. The van der Waals surface area contributed by atoms with Gasteiger partial charge in [0.1, 0.15) is 0 Å². The first-order chi connectivity index (χ1) is 19.7. The van der Waals surface area contributed by atoms with Crippen LogP contribution < -0.4 is 9.47 Å². The van der Waals surface area contributed by atoms with Gasteiger partial charge >= 0.3 is 0 Å². The van der Waals surface area contributed by atoms with E-state index in [2.05, 4.69) is 13.8 Å². The van der Waals surface area contributed by atoms with Crippen molar-refractivity contribution in [1.82, 2.24) is 0 Å².